The van der Waals surface area contributed by atoms with E-state index < -0.39 is 17.6 Å². The van der Waals surface area contributed by atoms with Crippen LogP contribution in [0, 0.1) is 6.92 Å². The standard InChI is InChI=1S/C11H10F3NO/c1-7-4-8(2-3-10(15)16)6-9(5-7)11(12,13)14/h2-6H,1H3,(H2,15,16). The number of primary amides is 1. The van der Waals surface area contributed by atoms with Crippen molar-refractivity contribution in [2.45, 2.75) is 13.1 Å². The molecule has 0 unspecified atom stereocenters. The molecule has 0 aliphatic heterocycles. The first kappa shape index (κ1) is 12.3. The third kappa shape index (κ3) is 3.42. The van der Waals surface area contributed by atoms with E-state index in [1.807, 2.05) is 0 Å². The normalized spacial score (nSPS) is 12.0. The van der Waals surface area contributed by atoms with Gasteiger partial charge in [0.25, 0.3) is 0 Å². The molecule has 1 aromatic rings. The number of hydrogen-bond acceptors (Lipinski definition) is 1. The lowest BCUT2D eigenvalue weighted by atomic mass is 10.1. The minimum atomic E-state index is -4.39. The van der Waals surface area contributed by atoms with Gasteiger partial charge in [0.1, 0.15) is 0 Å². The summed E-state index contributed by atoms with van der Waals surface area (Å²) in [5.74, 6) is -0.699. The van der Waals surface area contributed by atoms with Gasteiger partial charge in [0, 0.05) is 6.08 Å². The van der Waals surface area contributed by atoms with Crippen LogP contribution in [0.3, 0.4) is 0 Å². The van der Waals surface area contributed by atoms with E-state index in [0.29, 0.717) is 11.1 Å². The van der Waals surface area contributed by atoms with Gasteiger partial charge in [-0.3, -0.25) is 4.79 Å². The van der Waals surface area contributed by atoms with Crippen molar-refractivity contribution in [1.82, 2.24) is 0 Å². The Hall–Kier alpha value is -1.78. The second-order valence-corrected chi connectivity index (χ2v) is 3.37. The van der Waals surface area contributed by atoms with Gasteiger partial charge in [0.15, 0.2) is 0 Å². The van der Waals surface area contributed by atoms with Crippen molar-refractivity contribution in [2.24, 2.45) is 5.73 Å². The molecule has 2 nitrogen and oxygen atoms in total. The van der Waals surface area contributed by atoms with Crippen LogP contribution >= 0.6 is 0 Å². The summed E-state index contributed by atoms with van der Waals surface area (Å²) in [6, 6.07) is 3.54. The van der Waals surface area contributed by atoms with Crippen molar-refractivity contribution in [2.75, 3.05) is 0 Å². The molecule has 1 amide bonds. The van der Waals surface area contributed by atoms with Gasteiger partial charge in [0.05, 0.1) is 5.56 Å². The molecule has 0 saturated carbocycles. The summed E-state index contributed by atoms with van der Waals surface area (Å²) in [4.78, 5) is 10.5. The Morgan fingerprint density at radius 3 is 2.44 bits per heavy atom. The van der Waals surface area contributed by atoms with Crippen LogP contribution < -0.4 is 5.73 Å². The van der Waals surface area contributed by atoms with Crippen molar-refractivity contribution in [1.29, 1.82) is 0 Å². The van der Waals surface area contributed by atoms with Gasteiger partial charge in [-0.2, -0.15) is 13.2 Å². The van der Waals surface area contributed by atoms with Crippen LogP contribution in [0.15, 0.2) is 24.3 Å². The number of carbonyl (C=O) groups excluding carboxylic acids is 1. The first-order valence-electron chi connectivity index (χ1n) is 4.45. The minimum absolute atomic E-state index is 0.297. The van der Waals surface area contributed by atoms with Crippen LogP contribution in [-0.2, 0) is 11.0 Å². The Morgan fingerprint density at radius 2 is 1.94 bits per heavy atom. The van der Waals surface area contributed by atoms with Gasteiger partial charge in [0.2, 0.25) is 5.91 Å². The van der Waals surface area contributed by atoms with Gasteiger partial charge in [-0.1, -0.05) is 6.07 Å². The highest BCUT2D eigenvalue weighted by atomic mass is 19.4. The van der Waals surface area contributed by atoms with Gasteiger partial charge in [-0.05, 0) is 36.3 Å². The SMILES string of the molecule is Cc1cc(C=CC(N)=O)cc(C(F)(F)F)c1. The summed E-state index contributed by atoms with van der Waals surface area (Å²) < 4.78 is 37.3. The molecule has 0 fully saturated rings. The summed E-state index contributed by atoms with van der Waals surface area (Å²) >= 11 is 0. The van der Waals surface area contributed by atoms with Gasteiger partial charge in [-0.25, -0.2) is 0 Å². The molecule has 0 aromatic heterocycles. The minimum Gasteiger partial charge on any atom is -0.366 e. The Bertz CT molecular complexity index is 435. The fourth-order valence-electron chi connectivity index (χ4n) is 1.25. The zero-order valence-corrected chi connectivity index (χ0v) is 8.51. The van der Waals surface area contributed by atoms with Crippen LogP contribution in [0.4, 0.5) is 13.2 Å². The molecule has 0 spiro atoms. The fraction of sp³-hybridized carbons (Fsp3) is 0.182. The molecule has 0 heterocycles. The molecule has 16 heavy (non-hydrogen) atoms. The maximum absolute atomic E-state index is 12.4. The fourth-order valence-corrected chi connectivity index (χ4v) is 1.25. The van der Waals surface area contributed by atoms with E-state index in [0.717, 1.165) is 18.2 Å². The predicted molar refractivity (Wildman–Crippen MR) is 54.4 cm³/mol. The summed E-state index contributed by atoms with van der Waals surface area (Å²) in [7, 11) is 0. The van der Waals surface area contributed by atoms with E-state index in [1.165, 1.54) is 12.1 Å². The smallest absolute Gasteiger partial charge is 0.366 e. The molecular formula is C11H10F3NO. The quantitative estimate of drug-likeness (QED) is 0.778. The molecule has 0 saturated heterocycles. The number of aryl methyl sites for hydroxylation is 1. The topological polar surface area (TPSA) is 43.1 Å². The first-order valence-corrected chi connectivity index (χ1v) is 4.45. The summed E-state index contributed by atoms with van der Waals surface area (Å²) in [5, 5.41) is 0. The van der Waals surface area contributed by atoms with Gasteiger partial charge < -0.3 is 5.73 Å². The van der Waals surface area contributed by atoms with Crippen LogP contribution in [-0.4, -0.2) is 5.91 Å². The van der Waals surface area contributed by atoms with E-state index in [2.05, 4.69) is 0 Å². The molecule has 0 aliphatic carbocycles. The van der Waals surface area contributed by atoms with Crippen molar-refractivity contribution >= 4 is 12.0 Å². The Morgan fingerprint density at radius 1 is 1.31 bits per heavy atom. The second kappa shape index (κ2) is 4.38. The van der Waals surface area contributed by atoms with E-state index in [4.69, 9.17) is 5.73 Å². The number of nitrogens with two attached hydrogens (primary N) is 1. The van der Waals surface area contributed by atoms with Crippen LogP contribution in [0.1, 0.15) is 16.7 Å². The van der Waals surface area contributed by atoms with Crippen LogP contribution in [0.25, 0.3) is 6.08 Å². The van der Waals surface area contributed by atoms with Gasteiger partial charge >= 0.3 is 6.18 Å². The third-order valence-electron chi connectivity index (χ3n) is 1.87. The molecule has 1 rings (SSSR count). The van der Waals surface area contributed by atoms with Crippen molar-refractivity contribution in [3.8, 4) is 0 Å². The number of amides is 1. The van der Waals surface area contributed by atoms with Crippen molar-refractivity contribution in [3.63, 3.8) is 0 Å². The molecule has 0 bridgehead atoms. The highest BCUT2D eigenvalue weighted by Gasteiger charge is 2.30. The molecule has 2 N–H and O–H groups in total. The molecule has 1 aromatic carbocycles. The average Bonchev–Trinajstić information content (AvgIpc) is 2.12. The van der Waals surface area contributed by atoms with Crippen LogP contribution in [0.5, 0.6) is 0 Å². The lowest BCUT2D eigenvalue weighted by Crippen LogP contribution is -2.06. The largest absolute Gasteiger partial charge is 0.416 e. The molecule has 5 heteroatoms. The lowest BCUT2D eigenvalue weighted by Gasteiger charge is -2.08. The van der Waals surface area contributed by atoms with Gasteiger partial charge in [-0.15, -0.1) is 0 Å². The monoisotopic (exact) mass is 229 g/mol. The third-order valence-corrected chi connectivity index (χ3v) is 1.87. The number of rotatable bonds is 2. The maximum atomic E-state index is 12.4. The first-order chi connectivity index (χ1) is 7.29. The van der Waals surface area contributed by atoms with Crippen LogP contribution in [0.2, 0.25) is 0 Å². The maximum Gasteiger partial charge on any atom is 0.416 e. The van der Waals surface area contributed by atoms with Crippen molar-refractivity contribution in [3.05, 3.63) is 41.0 Å². The van der Waals surface area contributed by atoms with E-state index in [-0.39, 0.29) is 0 Å². The molecular weight excluding hydrogens is 219 g/mol. The molecule has 0 atom stereocenters. The van der Waals surface area contributed by atoms with Crippen molar-refractivity contribution < 1.29 is 18.0 Å². The van der Waals surface area contributed by atoms with E-state index >= 15 is 0 Å². The number of carbonyl (C=O) groups is 1. The highest BCUT2D eigenvalue weighted by Crippen LogP contribution is 2.30. The number of benzene rings is 1. The zero-order chi connectivity index (χ0) is 12.3. The molecule has 86 valence electrons. The summed E-state index contributed by atoms with van der Waals surface area (Å²) in [6.07, 6.45) is -2.11. The Kier molecular flexibility index (Phi) is 3.37. The molecule has 0 radical (unpaired) electrons. The summed E-state index contributed by atoms with van der Waals surface area (Å²) in [6.45, 7) is 1.55. The van der Waals surface area contributed by atoms with E-state index in [1.54, 1.807) is 6.92 Å². The number of halogens is 3. The highest BCUT2D eigenvalue weighted by molar-refractivity contribution is 5.90. The molecule has 0 aliphatic rings. The summed E-state index contributed by atoms with van der Waals surface area (Å²) in [5.41, 5.74) is 4.88. The average molecular weight is 229 g/mol. The zero-order valence-electron chi connectivity index (χ0n) is 8.51. The number of alkyl halides is 3. The Labute approximate surface area is 90.6 Å². The lowest BCUT2D eigenvalue weighted by molar-refractivity contribution is -0.137. The van der Waals surface area contributed by atoms with E-state index in [9.17, 15) is 18.0 Å². The predicted octanol–water partition coefficient (Wildman–Crippen LogP) is 2.51. The number of hydrogen-bond donors (Lipinski definition) is 1. The Balaban J connectivity index is 3.13. The second-order valence-electron chi connectivity index (χ2n) is 3.37.